The van der Waals surface area contributed by atoms with Gasteiger partial charge in [0.25, 0.3) is 0 Å². The first kappa shape index (κ1) is 13.5. The Kier molecular flexibility index (Phi) is 3.79. The van der Waals surface area contributed by atoms with Crippen LogP contribution in [0.25, 0.3) is 0 Å². The maximum Gasteiger partial charge on any atom is 0.165 e. The van der Waals surface area contributed by atoms with Gasteiger partial charge in [-0.25, -0.2) is 13.2 Å². The summed E-state index contributed by atoms with van der Waals surface area (Å²) in [6, 6.07) is 6.90. The summed E-state index contributed by atoms with van der Waals surface area (Å²) in [6.07, 6.45) is 0. The number of aryl methyl sites for hydroxylation is 1. The standard InChI is InChI=1S/C15H13F3O/c1-9-3-4-15(14(18)5-9)19-8-11-6-12(16)10(2)13(17)7-11/h3-7H,8H2,1-2H3. The van der Waals surface area contributed by atoms with Gasteiger partial charge in [0.15, 0.2) is 11.6 Å². The topological polar surface area (TPSA) is 9.23 Å². The highest BCUT2D eigenvalue weighted by molar-refractivity contribution is 5.29. The summed E-state index contributed by atoms with van der Waals surface area (Å²) in [5.41, 5.74) is 1.06. The molecule has 100 valence electrons. The van der Waals surface area contributed by atoms with Crippen LogP contribution in [-0.2, 0) is 6.61 Å². The van der Waals surface area contributed by atoms with Gasteiger partial charge in [0.05, 0.1) is 0 Å². The van der Waals surface area contributed by atoms with Crippen molar-refractivity contribution in [1.29, 1.82) is 0 Å². The van der Waals surface area contributed by atoms with Crippen LogP contribution in [-0.4, -0.2) is 0 Å². The van der Waals surface area contributed by atoms with Crippen molar-refractivity contribution in [1.82, 2.24) is 0 Å². The van der Waals surface area contributed by atoms with Gasteiger partial charge in [-0.1, -0.05) is 6.07 Å². The van der Waals surface area contributed by atoms with Crippen LogP contribution in [0, 0.1) is 31.3 Å². The second-order valence-corrected chi connectivity index (χ2v) is 4.41. The zero-order chi connectivity index (χ0) is 14.0. The molecule has 0 spiro atoms. The average molecular weight is 266 g/mol. The van der Waals surface area contributed by atoms with E-state index in [1.165, 1.54) is 31.2 Å². The van der Waals surface area contributed by atoms with E-state index in [0.717, 1.165) is 5.56 Å². The third kappa shape index (κ3) is 3.08. The molecular formula is C15H13F3O. The lowest BCUT2D eigenvalue weighted by Gasteiger charge is -2.09. The maximum atomic E-state index is 13.5. The predicted octanol–water partition coefficient (Wildman–Crippen LogP) is 4.30. The zero-order valence-electron chi connectivity index (χ0n) is 10.6. The molecule has 0 unspecified atom stereocenters. The summed E-state index contributed by atoms with van der Waals surface area (Å²) >= 11 is 0. The molecule has 0 atom stereocenters. The molecule has 0 N–H and O–H groups in total. The van der Waals surface area contributed by atoms with Gasteiger partial charge >= 0.3 is 0 Å². The van der Waals surface area contributed by atoms with Gasteiger partial charge in [0.1, 0.15) is 18.2 Å². The van der Waals surface area contributed by atoms with Gasteiger partial charge in [0.2, 0.25) is 0 Å². The van der Waals surface area contributed by atoms with Crippen molar-refractivity contribution in [3.8, 4) is 5.75 Å². The molecule has 0 aliphatic heterocycles. The monoisotopic (exact) mass is 266 g/mol. The van der Waals surface area contributed by atoms with Crippen molar-refractivity contribution in [2.24, 2.45) is 0 Å². The van der Waals surface area contributed by atoms with Gasteiger partial charge in [-0.2, -0.15) is 0 Å². The highest BCUT2D eigenvalue weighted by Crippen LogP contribution is 2.20. The Balaban J connectivity index is 2.14. The molecule has 0 heterocycles. The molecule has 0 aliphatic carbocycles. The highest BCUT2D eigenvalue weighted by Gasteiger charge is 2.08. The number of halogens is 3. The summed E-state index contributed by atoms with van der Waals surface area (Å²) in [5.74, 6) is -1.70. The van der Waals surface area contributed by atoms with Crippen LogP contribution < -0.4 is 4.74 Å². The second-order valence-electron chi connectivity index (χ2n) is 4.41. The first-order chi connectivity index (χ1) is 8.97. The Morgan fingerprint density at radius 2 is 1.53 bits per heavy atom. The van der Waals surface area contributed by atoms with Crippen molar-refractivity contribution in [3.05, 3.63) is 64.5 Å². The third-order valence-corrected chi connectivity index (χ3v) is 2.82. The largest absolute Gasteiger partial charge is 0.486 e. The van der Waals surface area contributed by atoms with E-state index in [1.54, 1.807) is 13.0 Å². The van der Waals surface area contributed by atoms with E-state index in [9.17, 15) is 13.2 Å². The van der Waals surface area contributed by atoms with E-state index in [1.807, 2.05) is 0 Å². The van der Waals surface area contributed by atoms with Gasteiger partial charge in [-0.15, -0.1) is 0 Å². The molecular weight excluding hydrogens is 253 g/mol. The number of benzene rings is 2. The minimum atomic E-state index is -0.636. The number of hydrogen-bond donors (Lipinski definition) is 0. The zero-order valence-corrected chi connectivity index (χ0v) is 10.6. The lowest BCUT2D eigenvalue weighted by Crippen LogP contribution is -2.00. The summed E-state index contributed by atoms with van der Waals surface area (Å²) in [5, 5.41) is 0. The van der Waals surface area contributed by atoms with Gasteiger partial charge < -0.3 is 4.74 Å². The first-order valence-electron chi connectivity index (χ1n) is 5.81. The van der Waals surface area contributed by atoms with Crippen LogP contribution in [0.5, 0.6) is 5.75 Å². The third-order valence-electron chi connectivity index (χ3n) is 2.82. The predicted molar refractivity (Wildman–Crippen MR) is 66.6 cm³/mol. The van der Waals surface area contributed by atoms with Crippen molar-refractivity contribution in [3.63, 3.8) is 0 Å². The van der Waals surface area contributed by atoms with E-state index in [4.69, 9.17) is 4.74 Å². The van der Waals surface area contributed by atoms with E-state index in [2.05, 4.69) is 0 Å². The molecule has 0 saturated heterocycles. The molecule has 1 nitrogen and oxygen atoms in total. The quantitative estimate of drug-likeness (QED) is 0.804. The molecule has 2 rings (SSSR count). The van der Waals surface area contributed by atoms with Crippen molar-refractivity contribution < 1.29 is 17.9 Å². The molecule has 4 heteroatoms. The van der Waals surface area contributed by atoms with Gasteiger partial charge in [-0.05, 0) is 49.2 Å². The molecule has 2 aromatic rings. The molecule has 2 aromatic carbocycles. The molecule has 19 heavy (non-hydrogen) atoms. The Labute approximate surface area is 109 Å². The van der Waals surface area contributed by atoms with E-state index in [-0.39, 0.29) is 17.9 Å². The van der Waals surface area contributed by atoms with E-state index < -0.39 is 17.5 Å². The fraction of sp³-hybridized carbons (Fsp3) is 0.200. The van der Waals surface area contributed by atoms with Gasteiger partial charge in [-0.3, -0.25) is 0 Å². The number of ether oxygens (including phenoxy) is 1. The summed E-state index contributed by atoms with van der Waals surface area (Å²) in [4.78, 5) is 0. The van der Waals surface area contributed by atoms with Crippen LogP contribution in [0.2, 0.25) is 0 Å². The first-order valence-corrected chi connectivity index (χ1v) is 5.81. The minimum absolute atomic E-state index is 0.0368. The SMILES string of the molecule is Cc1ccc(OCc2cc(F)c(C)c(F)c2)c(F)c1. The number of rotatable bonds is 3. The Bertz CT molecular complexity index is 585. The lowest BCUT2D eigenvalue weighted by molar-refractivity contribution is 0.289. The summed E-state index contributed by atoms with van der Waals surface area (Å²) in [7, 11) is 0. The fourth-order valence-electron chi connectivity index (χ4n) is 1.67. The average Bonchev–Trinajstić information content (AvgIpc) is 2.34. The van der Waals surface area contributed by atoms with E-state index in [0.29, 0.717) is 5.56 Å². The van der Waals surface area contributed by atoms with Crippen LogP contribution >= 0.6 is 0 Å². The van der Waals surface area contributed by atoms with Crippen LogP contribution in [0.1, 0.15) is 16.7 Å². The maximum absolute atomic E-state index is 13.5. The summed E-state index contributed by atoms with van der Waals surface area (Å²) < 4.78 is 45.4. The molecule has 0 saturated carbocycles. The Morgan fingerprint density at radius 3 is 2.11 bits per heavy atom. The number of hydrogen-bond acceptors (Lipinski definition) is 1. The Hall–Kier alpha value is -1.97. The van der Waals surface area contributed by atoms with Crippen molar-refractivity contribution in [2.75, 3.05) is 0 Å². The molecule has 0 radical (unpaired) electrons. The van der Waals surface area contributed by atoms with Crippen LogP contribution in [0.3, 0.4) is 0 Å². The lowest BCUT2D eigenvalue weighted by atomic mass is 10.1. The van der Waals surface area contributed by atoms with Gasteiger partial charge in [0, 0.05) is 5.56 Å². The van der Waals surface area contributed by atoms with E-state index >= 15 is 0 Å². The molecule has 0 aromatic heterocycles. The van der Waals surface area contributed by atoms with Crippen molar-refractivity contribution in [2.45, 2.75) is 20.5 Å². The normalized spacial score (nSPS) is 10.6. The minimum Gasteiger partial charge on any atom is -0.486 e. The van der Waals surface area contributed by atoms with Crippen molar-refractivity contribution >= 4 is 0 Å². The Morgan fingerprint density at radius 1 is 0.895 bits per heavy atom. The second kappa shape index (κ2) is 5.34. The summed E-state index contributed by atoms with van der Waals surface area (Å²) in [6.45, 7) is 3.03. The fourth-order valence-corrected chi connectivity index (χ4v) is 1.67. The smallest absolute Gasteiger partial charge is 0.165 e. The molecule has 0 amide bonds. The molecule has 0 bridgehead atoms. The molecule has 0 aliphatic rings. The highest BCUT2D eigenvalue weighted by atomic mass is 19.1. The van der Waals surface area contributed by atoms with Crippen LogP contribution in [0.4, 0.5) is 13.2 Å². The molecule has 0 fully saturated rings. The van der Waals surface area contributed by atoms with Crippen LogP contribution in [0.15, 0.2) is 30.3 Å².